The summed E-state index contributed by atoms with van der Waals surface area (Å²) in [5.74, 6) is 1.31. The third-order valence-corrected chi connectivity index (χ3v) is 3.26. The second-order valence-corrected chi connectivity index (χ2v) is 4.95. The molecule has 0 rings (SSSR count). The first-order valence-electron chi connectivity index (χ1n) is 6.20. The summed E-state index contributed by atoms with van der Waals surface area (Å²) in [7, 11) is 0. The summed E-state index contributed by atoms with van der Waals surface area (Å²) in [5.41, 5.74) is 8.62. The maximum absolute atomic E-state index is 5.84. The van der Waals surface area contributed by atoms with Crippen molar-refractivity contribution >= 4 is 0 Å². The minimum atomic E-state index is 0.506. The number of hydrogen-bond acceptors (Lipinski definition) is 1. The van der Waals surface area contributed by atoms with E-state index in [2.05, 4.69) is 33.9 Å². The average Bonchev–Trinajstić information content (AvgIpc) is 2.24. The van der Waals surface area contributed by atoms with E-state index in [-0.39, 0.29) is 0 Å². The summed E-state index contributed by atoms with van der Waals surface area (Å²) in [4.78, 5) is 0. The summed E-state index contributed by atoms with van der Waals surface area (Å²) < 4.78 is 0. The Morgan fingerprint density at radius 3 is 2.25 bits per heavy atom. The van der Waals surface area contributed by atoms with Crippen molar-refractivity contribution in [1.29, 1.82) is 0 Å². The van der Waals surface area contributed by atoms with E-state index in [9.17, 15) is 0 Å². The van der Waals surface area contributed by atoms with Gasteiger partial charge in [-0.25, -0.2) is 0 Å². The van der Waals surface area contributed by atoms with E-state index >= 15 is 0 Å². The molecule has 0 saturated carbocycles. The second-order valence-electron chi connectivity index (χ2n) is 4.95. The van der Waals surface area contributed by atoms with Gasteiger partial charge in [0.05, 0.1) is 0 Å². The molecule has 0 aromatic carbocycles. The van der Waals surface area contributed by atoms with Crippen LogP contribution in [0.4, 0.5) is 0 Å². The minimum absolute atomic E-state index is 0.506. The molecule has 92 valence electrons. The molecular formula is C15H27N. The molecule has 2 atom stereocenters. The van der Waals surface area contributed by atoms with Gasteiger partial charge in [-0.1, -0.05) is 52.3 Å². The van der Waals surface area contributed by atoms with Crippen molar-refractivity contribution in [2.45, 2.75) is 47.0 Å². The maximum Gasteiger partial charge on any atom is 0.0340 e. The molecule has 16 heavy (non-hydrogen) atoms. The Labute approximate surface area is 101 Å². The first kappa shape index (κ1) is 15.0. The lowest BCUT2D eigenvalue weighted by Gasteiger charge is -2.15. The predicted octanol–water partition coefficient (Wildman–Crippen LogP) is 4.42. The molecule has 2 N–H and O–H groups in total. The van der Waals surface area contributed by atoms with E-state index < -0.39 is 0 Å². The van der Waals surface area contributed by atoms with Crippen LogP contribution in [0.5, 0.6) is 0 Å². The van der Waals surface area contributed by atoms with Gasteiger partial charge in [0, 0.05) is 5.70 Å². The highest BCUT2D eigenvalue weighted by molar-refractivity contribution is 5.31. The first-order chi connectivity index (χ1) is 7.38. The smallest absolute Gasteiger partial charge is 0.0340 e. The third kappa shape index (κ3) is 5.79. The molecule has 1 nitrogen and oxygen atoms in total. The van der Waals surface area contributed by atoms with Crippen LogP contribution in [0, 0.1) is 11.8 Å². The zero-order valence-corrected chi connectivity index (χ0v) is 11.3. The summed E-state index contributed by atoms with van der Waals surface area (Å²) in [6.45, 7) is 16.6. The molecule has 2 unspecified atom stereocenters. The van der Waals surface area contributed by atoms with E-state index in [0.29, 0.717) is 5.92 Å². The van der Waals surface area contributed by atoms with Crippen LogP contribution in [0.3, 0.4) is 0 Å². The van der Waals surface area contributed by atoms with Crippen LogP contribution >= 0.6 is 0 Å². The highest BCUT2D eigenvalue weighted by atomic mass is 14.6. The van der Waals surface area contributed by atoms with Gasteiger partial charge >= 0.3 is 0 Å². The predicted molar refractivity (Wildman–Crippen MR) is 74.1 cm³/mol. The van der Waals surface area contributed by atoms with Crippen molar-refractivity contribution < 1.29 is 0 Å². The lowest BCUT2D eigenvalue weighted by Crippen LogP contribution is -2.04. The molecule has 0 aliphatic heterocycles. The lowest BCUT2D eigenvalue weighted by atomic mass is 9.91. The molecule has 0 aromatic heterocycles. The van der Waals surface area contributed by atoms with Gasteiger partial charge in [-0.05, 0) is 36.8 Å². The Morgan fingerprint density at radius 2 is 1.81 bits per heavy atom. The standard InChI is InChI=1S/C15H27N/c1-7-12(4)8-9-13(5)14(6)10-15(16)11(2)3/h10,12-13H,2,6-9,16H2,1,3-5H3/b15-10+. The monoisotopic (exact) mass is 221 g/mol. The Hall–Kier alpha value is -0.980. The van der Waals surface area contributed by atoms with Crippen molar-refractivity contribution in [2.24, 2.45) is 17.6 Å². The maximum atomic E-state index is 5.84. The largest absolute Gasteiger partial charge is 0.399 e. The van der Waals surface area contributed by atoms with E-state index in [1.807, 2.05) is 13.0 Å². The molecule has 0 aromatic rings. The van der Waals surface area contributed by atoms with E-state index in [4.69, 9.17) is 5.73 Å². The van der Waals surface area contributed by atoms with Gasteiger partial charge in [0.1, 0.15) is 0 Å². The van der Waals surface area contributed by atoms with Crippen LogP contribution in [0.25, 0.3) is 0 Å². The third-order valence-electron chi connectivity index (χ3n) is 3.26. The quantitative estimate of drug-likeness (QED) is 0.633. The van der Waals surface area contributed by atoms with Crippen LogP contribution < -0.4 is 5.73 Å². The Morgan fingerprint density at radius 1 is 1.25 bits per heavy atom. The zero-order chi connectivity index (χ0) is 12.7. The molecule has 0 fully saturated rings. The molecule has 0 radical (unpaired) electrons. The van der Waals surface area contributed by atoms with Gasteiger partial charge < -0.3 is 5.73 Å². The van der Waals surface area contributed by atoms with Gasteiger partial charge in [0.15, 0.2) is 0 Å². The number of nitrogens with two attached hydrogens (primary N) is 1. The molecule has 0 amide bonds. The van der Waals surface area contributed by atoms with Crippen LogP contribution in [0.15, 0.2) is 36.1 Å². The number of allylic oxidation sites excluding steroid dienone is 3. The minimum Gasteiger partial charge on any atom is -0.399 e. The molecule has 0 saturated heterocycles. The van der Waals surface area contributed by atoms with Crippen molar-refractivity contribution in [3.63, 3.8) is 0 Å². The van der Waals surface area contributed by atoms with E-state index in [1.165, 1.54) is 19.3 Å². The summed E-state index contributed by atoms with van der Waals surface area (Å²) in [5, 5.41) is 0. The Balaban J connectivity index is 4.19. The summed E-state index contributed by atoms with van der Waals surface area (Å²) in [6.07, 6.45) is 5.66. The topological polar surface area (TPSA) is 26.0 Å². The Bertz CT molecular complexity index is 273. The van der Waals surface area contributed by atoms with Crippen molar-refractivity contribution in [1.82, 2.24) is 0 Å². The summed E-state index contributed by atoms with van der Waals surface area (Å²) in [6, 6.07) is 0. The van der Waals surface area contributed by atoms with Gasteiger partial charge in [-0.2, -0.15) is 0 Å². The van der Waals surface area contributed by atoms with Crippen molar-refractivity contribution in [3.05, 3.63) is 36.1 Å². The highest BCUT2D eigenvalue weighted by Gasteiger charge is 2.07. The van der Waals surface area contributed by atoms with E-state index in [1.54, 1.807) is 0 Å². The SMILES string of the molecule is C=C(C)/C(N)=C\C(=C)C(C)CCC(C)CC. The average molecular weight is 221 g/mol. The van der Waals surface area contributed by atoms with Gasteiger partial charge in [-0.3, -0.25) is 0 Å². The molecule has 0 aliphatic rings. The van der Waals surface area contributed by atoms with Crippen molar-refractivity contribution in [2.75, 3.05) is 0 Å². The fraction of sp³-hybridized carbons (Fsp3) is 0.600. The number of hydrogen-bond donors (Lipinski definition) is 1. The van der Waals surface area contributed by atoms with Crippen molar-refractivity contribution in [3.8, 4) is 0 Å². The van der Waals surface area contributed by atoms with Crippen LogP contribution in [0.1, 0.15) is 47.0 Å². The highest BCUT2D eigenvalue weighted by Crippen LogP contribution is 2.21. The molecule has 0 bridgehead atoms. The lowest BCUT2D eigenvalue weighted by molar-refractivity contribution is 0.454. The van der Waals surface area contributed by atoms with Gasteiger partial charge in [-0.15, -0.1) is 0 Å². The van der Waals surface area contributed by atoms with Crippen LogP contribution in [0.2, 0.25) is 0 Å². The van der Waals surface area contributed by atoms with Crippen LogP contribution in [-0.4, -0.2) is 0 Å². The molecule has 1 heteroatoms. The molecule has 0 aliphatic carbocycles. The molecular weight excluding hydrogens is 194 g/mol. The van der Waals surface area contributed by atoms with Crippen LogP contribution in [-0.2, 0) is 0 Å². The fourth-order valence-electron chi connectivity index (χ4n) is 1.39. The van der Waals surface area contributed by atoms with E-state index in [0.717, 1.165) is 22.8 Å². The second kappa shape index (κ2) is 7.32. The Kier molecular flexibility index (Phi) is 6.87. The molecule has 0 heterocycles. The summed E-state index contributed by atoms with van der Waals surface area (Å²) >= 11 is 0. The van der Waals surface area contributed by atoms with Gasteiger partial charge in [0.2, 0.25) is 0 Å². The fourth-order valence-corrected chi connectivity index (χ4v) is 1.39. The number of rotatable bonds is 7. The zero-order valence-electron chi connectivity index (χ0n) is 11.3. The normalized spacial score (nSPS) is 15.6. The first-order valence-corrected chi connectivity index (χ1v) is 6.20. The molecule has 0 spiro atoms. The van der Waals surface area contributed by atoms with Gasteiger partial charge in [0.25, 0.3) is 0 Å².